The van der Waals surface area contributed by atoms with Crippen LogP contribution in [0.4, 0.5) is 5.69 Å². The number of anilines is 1. The highest BCUT2D eigenvalue weighted by Gasteiger charge is 2.22. The summed E-state index contributed by atoms with van der Waals surface area (Å²) in [4.78, 5) is 26.1. The Kier molecular flexibility index (Phi) is 7.41. The minimum absolute atomic E-state index is 0.0437. The van der Waals surface area contributed by atoms with Gasteiger partial charge in [0, 0.05) is 19.8 Å². The predicted molar refractivity (Wildman–Crippen MR) is 106 cm³/mol. The van der Waals surface area contributed by atoms with E-state index in [2.05, 4.69) is 6.92 Å². The lowest BCUT2D eigenvalue weighted by Gasteiger charge is -2.20. The van der Waals surface area contributed by atoms with Crippen LogP contribution in [0.2, 0.25) is 0 Å². The van der Waals surface area contributed by atoms with Crippen molar-refractivity contribution in [3.8, 4) is 0 Å². The Morgan fingerprint density at radius 2 is 1.63 bits per heavy atom. The van der Waals surface area contributed by atoms with Crippen molar-refractivity contribution < 1.29 is 19.4 Å². The summed E-state index contributed by atoms with van der Waals surface area (Å²) < 4.78 is 5.74. The van der Waals surface area contributed by atoms with Gasteiger partial charge in [-0.2, -0.15) is 0 Å². The Bertz CT molecular complexity index is 768. The monoisotopic (exact) mass is 369 g/mol. The van der Waals surface area contributed by atoms with Crippen LogP contribution in [-0.4, -0.2) is 31.1 Å². The van der Waals surface area contributed by atoms with Crippen molar-refractivity contribution in [2.24, 2.45) is 0 Å². The summed E-state index contributed by atoms with van der Waals surface area (Å²) in [5.74, 6) is -1.74. The quantitative estimate of drug-likeness (QED) is 0.501. The Labute approximate surface area is 160 Å². The molecule has 0 radical (unpaired) electrons. The molecule has 0 aromatic heterocycles. The number of hydrogen-bond donors (Lipinski definition) is 1. The highest BCUT2D eigenvalue weighted by Crippen LogP contribution is 2.27. The van der Waals surface area contributed by atoms with Crippen molar-refractivity contribution >= 4 is 17.6 Å². The molecule has 0 spiro atoms. The van der Waals surface area contributed by atoms with E-state index < -0.39 is 18.0 Å². The van der Waals surface area contributed by atoms with Crippen LogP contribution in [0.15, 0.2) is 48.5 Å². The number of aromatic carboxylic acids is 1. The maximum absolute atomic E-state index is 12.7. The Morgan fingerprint density at radius 1 is 1.00 bits per heavy atom. The number of benzene rings is 2. The summed E-state index contributed by atoms with van der Waals surface area (Å²) in [5, 5.41) is 9.31. The van der Waals surface area contributed by atoms with Crippen molar-refractivity contribution in [3.63, 3.8) is 0 Å². The minimum atomic E-state index is -1.14. The number of carbonyl (C=O) groups is 2. The maximum atomic E-state index is 12.7. The van der Waals surface area contributed by atoms with E-state index in [0.717, 1.165) is 30.5 Å². The molecule has 0 bridgehead atoms. The molecule has 0 aliphatic rings. The Morgan fingerprint density at radius 3 is 2.19 bits per heavy atom. The number of hydrogen-bond acceptors (Lipinski definition) is 4. The maximum Gasteiger partial charge on any atom is 0.339 e. The molecule has 2 aromatic rings. The average Bonchev–Trinajstić information content (AvgIpc) is 2.67. The van der Waals surface area contributed by atoms with E-state index in [1.165, 1.54) is 12.1 Å². The van der Waals surface area contributed by atoms with Gasteiger partial charge < -0.3 is 14.7 Å². The number of nitrogens with zero attached hydrogens (tertiary/aromatic N) is 1. The Hall–Kier alpha value is -2.82. The molecule has 0 aliphatic carbocycles. The first-order chi connectivity index (χ1) is 12.9. The van der Waals surface area contributed by atoms with Crippen LogP contribution in [0.3, 0.4) is 0 Å². The molecule has 5 heteroatoms. The smallest absolute Gasteiger partial charge is 0.339 e. The van der Waals surface area contributed by atoms with Crippen LogP contribution >= 0.6 is 0 Å². The first-order valence-electron chi connectivity index (χ1n) is 9.24. The number of carboxylic acids is 1. The minimum Gasteiger partial charge on any atom is -0.478 e. The van der Waals surface area contributed by atoms with Gasteiger partial charge >= 0.3 is 11.9 Å². The molecule has 0 saturated carbocycles. The molecular formula is C22H27NO4. The van der Waals surface area contributed by atoms with Gasteiger partial charge in [0.05, 0.1) is 11.1 Å². The number of rotatable bonds is 9. The fourth-order valence-corrected chi connectivity index (χ4v) is 2.90. The van der Waals surface area contributed by atoms with Gasteiger partial charge in [-0.1, -0.05) is 44.0 Å². The van der Waals surface area contributed by atoms with Crippen molar-refractivity contribution in [3.05, 3.63) is 65.2 Å². The fraction of sp³-hybridized carbons (Fsp3) is 0.364. The topological polar surface area (TPSA) is 66.8 Å². The summed E-state index contributed by atoms with van der Waals surface area (Å²) in [7, 11) is 3.94. The van der Waals surface area contributed by atoms with Crippen molar-refractivity contribution in [2.45, 2.75) is 38.7 Å². The summed E-state index contributed by atoms with van der Waals surface area (Å²) in [6, 6.07) is 14.0. The van der Waals surface area contributed by atoms with E-state index in [9.17, 15) is 14.7 Å². The van der Waals surface area contributed by atoms with E-state index in [-0.39, 0.29) is 11.1 Å². The van der Waals surface area contributed by atoms with Crippen molar-refractivity contribution in [1.82, 2.24) is 0 Å². The molecule has 27 heavy (non-hydrogen) atoms. The molecule has 1 unspecified atom stereocenters. The van der Waals surface area contributed by atoms with E-state index >= 15 is 0 Å². The normalized spacial score (nSPS) is 11.7. The number of carboxylic acid groups (broad SMARTS) is 1. The van der Waals surface area contributed by atoms with Gasteiger partial charge in [0.2, 0.25) is 0 Å². The second-order valence-electron chi connectivity index (χ2n) is 6.73. The summed E-state index contributed by atoms with van der Waals surface area (Å²) >= 11 is 0. The third-order valence-corrected chi connectivity index (χ3v) is 4.48. The van der Waals surface area contributed by atoms with E-state index in [4.69, 9.17) is 4.74 Å². The van der Waals surface area contributed by atoms with Crippen molar-refractivity contribution in [1.29, 1.82) is 0 Å². The number of ether oxygens (including phenoxy) is 1. The number of unbranched alkanes of at least 4 members (excludes halogenated alkanes) is 2. The molecule has 2 rings (SSSR count). The molecule has 1 atom stereocenters. The molecule has 144 valence electrons. The highest BCUT2D eigenvalue weighted by atomic mass is 16.5. The third kappa shape index (κ3) is 5.58. The second-order valence-corrected chi connectivity index (χ2v) is 6.73. The highest BCUT2D eigenvalue weighted by molar-refractivity contribution is 6.02. The van der Waals surface area contributed by atoms with Gasteiger partial charge in [0.15, 0.2) is 0 Å². The summed E-state index contributed by atoms with van der Waals surface area (Å²) in [6.07, 6.45) is 3.36. The largest absolute Gasteiger partial charge is 0.478 e. The molecule has 0 fully saturated rings. The van der Waals surface area contributed by atoms with Crippen molar-refractivity contribution in [2.75, 3.05) is 19.0 Å². The fourth-order valence-electron chi connectivity index (χ4n) is 2.90. The van der Waals surface area contributed by atoms with E-state index in [0.29, 0.717) is 6.42 Å². The van der Waals surface area contributed by atoms with Crippen LogP contribution in [-0.2, 0) is 4.74 Å². The summed E-state index contributed by atoms with van der Waals surface area (Å²) in [6.45, 7) is 2.12. The first-order valence-corrected chi connectivity index (χ1v) is 9.24. The zero-order valence-corrected chi connectivity index (χ0v) is 16.1. The first kappa shape index (κ1) is 20.5. The molecule has 2 aromatic carbocycles. The molecule has 0 amide bonds. The number of esters is 1. The van der Waals surface area contributed by atoms with Gasteiger partial charge in [-0.3, -0.25) is 0 Å². The predicted octanol–water partition coefficient (Wildman–Crippen LogP) is 4.93. The van der Waals surface area contributed by atoms with Crippen LogP contribution in [0.1, 0.15) is 65.0 Å². The van der Waals surface area contributed by atoms with Gasteiger partial charge in [-0.15, -0.1) is 0 Å². The van der Waals surface area contributed by atoms with Crippen LogP contribution in [0.5, 0.6) is 0 Å². The third-order valence-electron chi connectivity index (χ3n) is 4.48. The lowest BCUT2D eigenvalue weighted by atomic mass is 10.0. The average molecular weight is 369 g/mol. The number of carbonyl (C=O) groups excluding carboxylic acids is 1. The molecule has 0 aliphatic heterocycles. The Balaban J connectivity index is 2.24. The molecule has 1 N–H and O–H groups in total. The van der Waals surface area contributed by atoms with E-state index in [1.54, 1.807) is 12.1 Å². The van der Waals surface area contributed by atoms with Gasteiger partial charge in [-0.25, -0.2) is 9.59 Å². The van der Waals surface area contributed by atoms with Gasteiger partial charge in [0.1, 0.15) is 6.10 Å². The molecular weight excluding hydrogens is 342 g/mol. The summed E-state index contributed by atoms with van der Waals surface area (Å²) in [5.41, 5.74) is 2.01. The van der Waals surface area contributed by atoms with Gasteiger partial charge in [0.25, 0.3) is 0 Å². The standard InChI is InChI=1S/C22H27NO4/c1-4-5-6-11-20(16-12-14-17(15-13-16)23(2)3)27-22(26)19-10-8-7-9-18(19)21(24)25/h7-10,12-15,20H,4-6,11H2,1-3H3,(H,24,25). The lowest BCUT2D eigenvalue weighted by Crippen LogP contribution is -2.16. The van der Waals surface area contributed by atoms with E-state index in [1.807, 2.05) is 43.3 Å². The molecule has 0 saturated heterocycles. The molecule has 0 heterocycles. The van der Waals surface area contributed by atoms with Crippen LogP contribution in [0.25, 0.3) is 0 Å². The van der Waals surface area contributed by atoms with Crippen LogP contribution < -0.4 is 4.90 Å². The zero-order chi connectivity index (χ0) is 19.8. The van der Waals surface area contributed by atoms with Gasteiger partial charge in [-0.05, 0) is 42.7 Å². The SMILES string of the molecule is CCCCCC(OC(=O)c1ccccc1C(=O)O)c1ccc(N(C)C)cc1. The van der Waals surface area contributed by atoms with Crippen LogP contribution in [0, 0.1) is 0 Å². The second kappa shape index (κ2) is 9.76. The lowest BCUT2D eigenvalue weighted by molar-refractivity contribution is 0.0265. The molecule has 5 nitrogen and oxygen atoms in total. The zero-order valence-electron chi connectivity index (χ0n) is 16.1.